The van der Waals surface area contributed by atoms with E-state index in [4.69, 9.17) is 4.89 Å². The van der Waals surface area contributed by atoms with Gasteiger partial charge in [-0.25, -0.2) is 5.06 Å². The largest absolute Gasteiger partial charge is 1.00 e. The molecule has 0 heterocycles. The Morgan fingerprint density at radius 1 is 1.32 bits per heavy atom. The van der Waals surface area contributed by atoms with Gasteiger partial charge in [0.25, 0.3) is 0 Å². The Kier molecular flexibility index (Phi) is 8.78. The maximum Gasteiger partial charge on any atom is 1.00 e. The second-order valence-corrected chi connectivity index (χ2v) is 5.62. The molecule has 0 saturated heterocycles. The summed E-state index contributed by atoms with van der Waals surface area (Å²) in [7, 11) is -4.32. The van der Waals surface area contributed by atoms with E-state index < -0.39 is 19.7 Å². The van der Waals surface area contributed by atoms with Crippen LogP contribution in [-0.4, -0.2) is 33.8 Å². The number of rotatable bonds is 6. The van der Waals surface area contributed by atoms with E-state index in [9.17, 15) is 19.5 Å². The van der Waals surface area contributed by atoms with Crippen LogP contribution in [0.5, 0.6) is 0 Å². The van der Waals surface area contributed by atoms with Crippen molar-refractivity contribution >= 4 is 13.5 Å². The minimum Gasteiger partial charge on any atom is -0.779 e. The molecule has 0 spiro atoms. The first kappa shape index (κ1) is 18.8. The third kappa shape index (κ3) is 8.55. The molecule has 19 heavy (non-hydrogen) atoms. The topological polar surface area (TPSA) is 101 Å². The van der Waals surface area contributed by atoms with Gasteiger partial charge in [-0.3, -0.25) is 10.0 Å². The second kappa shape index (κ2) is 8.87. The average Bonchev–Trinajstić information content (AvgIpc) is 2.28. The number of hydrogen-bond donors (Lipinski definition) is 2. The van der Waals surface area contributed by atoms with Gasteiger partial charge in [-0.1, -0.05) is 30.3 Å². The van der Waals surface area contributed by atoms with Crippen LogP contribution >= 0.6 is 7.60 Å². The van der Waals surface area contributed by atoms with Crippen LogP contribution in [-0.2, 0) is 15.8 Å². The van der Waals surface area contributed by atoms with E-state index in [0.29, 0.717) is 5.06 Å². The number of carbonyl (C=O) groups is 1. The van der Waals surface area contributed by atoms with Gasteiger partial charge >= 0.3 is 29.6 Å². The molecule has 0 radical (unpaired) electrons. The van der Waals surface area contributed by atoms with Crippen LogP contribution in [0.4, 0.5) is 0 Å². The number of carbonyl (C=O) groups excluding carboxylic acids is 1. The summed E-state index contributed by atoms with van der Waals surface area (Å²) < 4.78 is 10.5. The number of hydroxylamine groups is 2. The Labute approximate surface area is 133 Å². The number of benzene rings is 1. The van der Waals surface area contributed by atoms with Gasteiger partial charge in [-0.05, 0) is 12.0 Å². The zero-order valence-electron chi connectivity index (χ0n) is 10.7. The van der Waals surface area contributed by atoms with Crippen molar-refractivity contribution in [1.29, 1.82) is 0 Å². The van der Waals surface area contributed by atoms with Crippen molar-refractivity contribution in [3.63, 3.8) is 0 Å². The van der Waals surface area contributed by atoms with Gasteiger partial charge < -0.3 is 14.4 Å². The molecule has 1 unspecified atom stereocenters. The number of hydrogen-bond acceptors (Lipinski definition) is 4. The van der Waals surface area contributed by atoms with E-state index in [2.05, 4.69) is 0 Å². The Balaban J connectivity index is 0.00000324. The van der Waals surface area contributed by atoms with Gasteiger partial charge in [0.15, 0.2) is 0 Å². The molecular formula is C11H15NNaO5P. The standard InChI is InChI=1S/C11H16NO5P.Na/c13-11(9-10-5-2-1-3-6-10)12(14)7-4-8-18(15,16)17;/h1-3,5-6,14H,4,7-9H2,(H2,15,16,17);/q;+1/p-1. The van der Waals surface area contributed by atoms with Crippen molar-refractivity contribution < 1.29 is 53.9 Å². The molecule has 1 aromatic rings. The molecule has 1 atom stereocenters. The summed E-state index contributed by atoms with van der Waals surface area (Å²) in [5, 5.41) is 9.86. The van der Waals surface area contributed by atoms with Crippen molar-refractivity contribution in [2.75, 3.05) is 12.7 Å². The van der Waals surface area contributed by atoms with Crippen LogP contribution < -0.4 is 34.5 Å². The van der Waals surface area contributed by atoms with E-state index in [0.717, 1.165) is 5.56 Å². The van der Waals surface area contributed by atoms with E-state index in [-0.39, 0.29) is 48.9 Å². The SMILES string of the molecule is O=C(Cc1ccccc1)N(O)CCCP(=O)([O-])O.[Na+]. The Hall–Kier alpha value is -0.200. The Morgan fingerprint density at radius 2 is 1.89 bits per heavy atom. The molecule has 0 fully saturated rings. The van der Waals surface area contributed by atoms with Gasteiger partial charge in [0.05, 0.1) is 6.42 Å². The van der Waals surface area contributed by atoms with Crippen LogP contribution in [0, 0.1) is 0 Å². The summed E-state index contributed by atoms with van der Waals surface area (Å²) >= 11 is 0. The van der Waals surface area contributed by atoms with Crippen LogP contribution in [0.1, 0.15) is 12.0 Å². The second-order valence-electron chi connectivity index (χ2n) is 3.89. The fourth-order valence-corrected chi connectivity index (χ4v) is 1.95. The quantitative estimate of drug-likeness (QED) is 0.259. The molecule has 2 N–H and O–H groups in total. The first-order chi connectivity index (χ1) is 8.38. The summed E-state index contributed by atoms with van der Waals surface area (Å²) in [6.45, 7) is -0.127. The van der Waals surface area contributed by atoms with Crippen molar-refractivity contribution in [1.82, 2.24) is 5.06 Å². The van der Waals surface area contributed by atoms with Crippen LogP contribution in [0.2, 0.25) is 0 Å². The van der Waals surface area contributed by atoms with E-state index in [1.165, 1.54) is 0 Å². The Morgan fingerprint density at radius 3 is 2.42 bits per heavy atom. The van der Waals surface area contributed by atoms with Gasteiger partial charge in [0, 0.05) is 12.7 Å². The minimum absolute atomic E-state index is 0. The molecular weight excluding hydrogens is 280 g/mol. The Bertz CT molecular complexity index is 436. The fourth-order valence-electron chi connectivity index (χ4n) is 1.41. The third-order valence-corrected chi connectivity index (χ3v) is 3.18. The third-order valence-electron chi connectivity index (χ3n) is 2.30. The zero-order chi connectivity index (χ0) is 13.6. The molecule has 0 saturated carbocycles. The van der Waals surface area contributed by atoms with Crippen molar-refractivity contribution in [3.8, 4) is 0 Å². The minimum atomic E-state index is -4.32. The summed E-state index contributed by atoms with van der Waals surface area (Å²) in [4.78, 5) is 30.5. The molecule has 1 aromatic carbocycles. The molecule has 0 bridgehead atoms. The normalized spacial score (nSPS) is 13.2. The van der Waals surface area contributed by atoms with Crippen molar-refractivity contribution in [2.45, 2.75) is 12.8 Å². The number of nitrogens with zero attached hydrogens (tertiary/aromatic N) is 1. The van der Waals surface area contributed by atoms with Gasteiger partial charge in [0.2, 0.25) is 5.91 Å². The van der Waals surface area contributed by atoms with Gasteiger partial charge in [-0.15, -0.1) is 0 Å². The van der Waals surface area contributed by atoms with Gasteiger partial charge in [0.1, 0.15) is 7.60 Å². The van der Waals surface area contributed by atoms with Crippen LogP contribution in [0.15, 0.2) is 30.3 Å². The fraction of sp³-hybridized carbons (Fsp3) is 0.364. The maximum atomic E-state index is 11.5. The molecule has 0 aliphatic rings. The summed E-state index contributed by atoms with van der Waals surface area (Å²) in [5.41, 5.74) is 0.762. The van der Waals surface area contributed by atoms with Crippen LogP contribution in [0.25, 0.3) is 0 Å². The molecule has 0 aliphatic carbocycles. The van der Waals surface area contributed by atoms with E-state index in [1.807, 2.05) is 6.07 Å². The van der Waals surface area contributed by atoms with Crippen LogP contribution in [0.3, 0.4) is 0 Å². The monoisotopic (exact) mass is 295 g/mol. The molecule has 0 aromatic heterocycles. The molecule has 1 amide bonds. The smallest absolute Gasteiger partial charge is 0.779 e. The predicted molar refractivity (Wildman–Crippen MR) is 63.0 cm³/mol. The average molecular weight is 295 g/mol. The van der Waals surface area contributed by atoms with Crippen molar-refractivity contribution in [2.24, 2.45) is 0 Å². The summed E-state index contributed by atoms with van der Waals surface area (Å²) in [5.74, 6) is -0.514. The maximum absolute atomic E-state index is 11.5. The molecule has 1 rings (SSSR count). The first-order valence-electron chi connectivity index (χ1n) is 5.44. The summed E-state index contributed by atoms with van der Waals surface area (Å²) in [6, 6.07) is 8.89. The predicted octanol–water partition coefficient (Wildman–Crippen LogP) is -2.61. The molecule has 100 valence electrons. The van der Waals surface area contributed by atoms with E-state index >= 15 is 0 Å². The van der Waals surface area contributed by atoms with Gasteiger partial charge in [-0.2, -0.15) is 0 Å². The van der Waals surface area contributed by atoms with Crippen molar-refractivity contribution in [3.05, 3.63) is 35.9 Å². The molecule has 0 aliphatic heterocycles. The summed E-state index contributed by atoms with van der Waals surface area (Å²) in [6.07, 6.45) is -0.414. The zero-order valence-corrected chi connectivity index (χ0v) is 13.6. The molecule has 8 heteroatoms. The molecule has 6 nitrogen and oxygen atoms in total. The van der Waals surface area contributed by atoms with E-state index in [1.54, 1.807) is 24.3 Å². The number of amides is 1. The first-order valence-corrected chi connectivity index (χ1v) is 7.21.